The van der Waals surface area contributed by atoms with Crippen LogP contribution < -0.4 is 24.4 Å². The van der Waals surface area contributed by atoms with E-state index in [4.69, 9.17) is 25.8 Å². The molecule has 1 aliphatic heterocycles. The molecular weight excluding hydrogens is 596 g/mol. The summed E-state index contributed by atoms with van der Waals surface area (Å²) in [6, 6.07) is 12.3. The number of anilines is 2. The molecule has 0 spiro atoms. The molecule has 1 saturated carbocycles. The van der Waals surface area contributed by atoms with E-state index < -0.39 is 29.9 Å². The number of hydrogen-bond donors (Lipinski definition) is 1. The van der Waals surface area contributed by atoms with E-state index in [1.807, 2.05) is 0 Å². The van der Waals surface area contributed by atoms with Gasteiger partial charge in [0.15, 0.2) is 11.6 Å². The number of fused-ring (bicyclic) bond motifs is 1. The molecule has 1 N–H and O–H groups in total. The standard InChI is InChI=1S/C30H27ClF4N2O6/c1-40-21-11-20(12-22(13-21)42-15-18-9-23(18)29(39)41-2)36-27(16-3-5-19(31)6-4-16)28(38)37-8-7-17-10-24(32)26(14-25(17)37)43-30(33,34)35/h3-6,10-14,18,23,27,36H,7-9,15H2,1-2H3/t18-,23+,27?/m1/s1. The summed E-state index contributed by atoms with van der Waals surface area (Å²) >= 11 is 6.08. The van der Waals surface area contributed by atoms with Gasteiger partial charge in [-0.15, -0.1) is 13.2 Å². The molecule has 5 rings (SSSR count). The normalized spacial score (nSPS) is 18.0. The van der Waals surface area contributed by atoms with Crippen LogP contribution in [-0.4, -0.2) is 45.6 Å². The molecule has 0 radical (unpaired) electrons. The predicted octanol–water partition coefficient (Wildman–Crippen LogP) is 6.32. The number of carbonyl (C=O) groups is 2. The van der Waals surface area contributed by atoms with Crippen molar-refractivity contribution in [2.24, 2.45) is 11.8 Å². The van der Waals surface area contributed by atoms with Gasteiger partial charge in [-0.3, -0.25) is 9.59 Å². The van der Waals surface area contributed by atoms with Crippen molar-refractivity contribution in [3.8, 4) is 17.2 Å². The van der Waals surface area contributed by atoms with Crippen LogP contribution in [0.25, 0.3) is 0 Å². The largest absolute Gasteiger partial charge is 0.573 e. The fourth-order valence-corrected chi connectivity index (χ4v) is 5.14. The van der Waals surface area contributed by atoms with E-state index in [0.717, 1.165) is 12.1 Å². The van der Waals surface area contributed by atoms with E-state index in [-0.39, 0.29) is 43.1 Å². The summed E-state index contributed by atoms with van der Waals surface area (Å²) in [5.41, 5.74) is 1.45. The Morgan fingerprint density at radius 3 is 2.47 bits per heavy atom. The lowest BCUT2D eigenvalue weighted by Gasteiger charge is -2.27. The summed E-state index contributed by atoms with van der Waals surface area (Å²) < 4.78 is 73.0. The number of methoxy groups -OCH3 is 2. The van der Waals surface area contributed by atoms with Gasteiger partial charge >= 0.3 is 12.3 Å². The van der Waals surface area contributed by atoms with E-state index in [9.17, 15) is 27.2 Å². The average Bonchev–Trinajstić information content (AvgIpc) is 3.65. The highest BCUT2D eigenvalue weighted by molar-refractivity contribution is 6.30. The number of benzene rings is 3. The smallest absolute Gasteiger partial charge is 0.497 e. The van der Waals surface area contributed by atoms with Crippen molar-refractivity contribution in [3.05, 3.63) is 76.6 Å². The maximum atomic E-state index is 14.4. The van der Waals surface area contributed by atoms with Crippen molar-refractivity contribution in [1.29, 1.82) is 0 Å². The minimum Gasteiger partial charge on any atom is -0.497 e. The number of alkyl halides is 3. The van der Waals surface area contributed by atoms with Gasteiger partial charge in [-0.1, -0.05) is 23.7 Å². The molecule has 3 aromatic rings. The SMILES string of the molecule is COC(=O)[C@H]1C[C@@H]1COc1cc(NC(C(=O)N2CCc3cc(F)c(OC(F)(F)F)cc32)c2ccc(Cl)cc2)cc(OC)c1. The van der Waals surface area contributed by atoms with Gasteiger partial charge < -0.3 is 29.2 Å². The second-order valence-corrected chi connectivity index (χ2v) is 10.6. The van der Waals surface area contributed by atoms with E-state index in [0.29, 0.717) is 39.8 Å². The minimum atomic E-state index is -5.11. The Morgan fingerprint density at radius 1 is 1.07 bits per heavy atom. The lowest BCUT2D eigenvalue weighted by atomic mass is 10.0. The number of nitrogens with zero attached hydrogens (tertiary/aromatic N) is 1. The van der Waals surface area contributed by atoms with Crippen molar-refractivity contribution in [3.63, 3.8) is 0 Å². The first-order valence-corrected chi connectivity index (χ1v) is 13.6. The fraction of sp³-hybridized carbons (Fsp3) is 0.333. The molecule has 1 aliphatic carbocycles. The Hall–Kier alpha value is -4.19. The first-order valence-electron chi connectivity index (χ1n) is 13.3. The van der Waals surface area contributed by atoms with Crippen LogP contribution in [-0.2, 0) is 20.7 Å². The number of hydrogen-bond acceptors (Lipinski definition) is 7. The van der Waals surface area contributed by atoms with Gasteiger partial charge in [-0.2, -0.15) is 0 Å². The van der Waals surface area contributed by atoms with Gasteiger partial charge in [-0.25, -0.2) is 4.39 Å². The van der Waals surface area contributed by atoms with Crippen molar-refractivity contribution in [2.45, 2.75) is 25.2 Å². The molecule has 1 unspecified atom stereocenters. The summed E-state index contributed by atoms with van der Waals surface area (Å²) in [5.74, 6) is -2.32. The predicted molar refractivity (Wildman–Crippen MR) is 149 cm³/mol. The van der Waals surface area contributed by atoms with E-state index in [2.05, 4.69) is 10.1 Å². The topological polar surface area (TPSA) is 86.3 Å². The number of amides is 1. The summed E-state index contributed by atoms with van der Waals surface area (Å²) in [5, 5.41) is 3.63. The van der Waals surface area contributed by atoms with Crippen molar-refractivity contribution in [1.82, 2.24) is 0 Å². The van der Waals surface area contributed by atoms with Crippen LogP contribution in [0.1, 0.15) is 23.6 Å². The van der Waals surface area contributed by atoms with Gasteiger partial charge in [0.05, 0.1) is 32.4 Å². The molecule has 13 heteroatoms. The Balaban J connectivity index is 1.42. The van der Waals surface area contributed by atoms with Crippen LogP contribution in [0.5, 0.6) is 17.2 Å². The number of nitrogens with one attached hydrogen (secondary N) is 1. The molecule has 43 heavy (non-hydrogen) atoms. The fourth-order valence-electron chi connectivity index (χ4n) is 5.02. The zero-order chi connectivity index (χ0) is 30.9. The number of carbonyl (C=O) groups excluding carboxylic acids is 2. The summed E-state index contributed by atoms with van der Waals surface area (Å²) in [7, 11) is 2.81. The lowest BCUT2D eigenvalue weighted by Crippen LogP contribution is -2.37. The van der Waals surface area contributed by atoms with Gasteiger partial charge in [-0.05, 0) is 42.2 Å². The second kappa shape index (κ2) is 12.2. The van der Waals surface area contributed by atoms with Gasteiger partial charge in [0.1, 0.15) is 17.5 Å². The van der Waals surface area contributed by atoms with Gasteiger partial charge in [0, 0.05) is 47.4 Å². The van der Waals surface area contributed by atoms with Crippen molar-refractivity contribution in [2.75, 3.05) is 37.6 Å². The highest BCUT2D eigenvalue weighted by atomic mass is 35.5. The number of halogens is 5. The highest BCUT2D eigenvalue weighted by Crippen LogP contribution is 2.41. The van der Waals surface area contributed by atoms with Crippen LogP contribution in [0.15, 0.2) is 54.6 Å². The molecule has 0 bridgehead atoms. The Morgan fingerprint density at radius 2 is 1.79 bits per heavy atom. The third kappa shape index (κ3) is 7.07. The maximum absolute atomic E-state index is 14.4. The molecule has 1 amide bonds. The summed E-state index contributed by atoms with van der Waals surface area (Å²) in [6.45, 7) is 0.388. The minimum absolute atomic E-state index is 0.0183. The van der Waals surface area contributed by atoms with Crippen LogP contribution >= 0.6 is 11.6 Å². The van der Waals surface area contributed by atoms with Crippen LogP contribution in [0.2, 0.25) is 5.02 Å². The molecule has 8 nitrogen and oxygen atoms in total. The third-order valence-corrected chi connectivity index (χ3v) is 7.54. The number of ether oxygens (including phenoxy) is 4. The zero-order valence-corrected chi connectivity index (χ0v) is 23.8. The molecular formula is C30H27ClF4N2O6. The van der Waals surface area contributed by atoms with Gasteiger partial charge in [0.2, 0.25) is 0 Å². The Kier molecular flexibility index (Phi) is 8.59. The average molecular weight is 623 g/mol. The highest BCUT2D eigenvalue weighted by Gasteiger charge is 2.44. The third-order valence-electron chi connectivity index (χ3n) is 7.29. The molecule has 1 heterocycles. The monoisotopic (exact) mass is 622 g/mol. The maximum Gasteiger partial charge on any atom is 0.573 e. The quantitative estimate of drug-likeness (QED) is 0.209. The first-order chi connectivity index (χ1) is 20.5. The summed E-state index contributed by atoms with van der Waals surface area (Å²) in [4.78, 5) is 27.1. The van der Waals surface area contributed by atoms with Crippen molar-refractivity contribution < 1.29 is 46.1 Å². The van der Waals surface area contributed by atoms with Crippen LogP contribution in [0.4, 0.5) is 28.9 Å². The van der Waals surface area contributed by atoms with Crippen molar-refractivity contribution >= 4 is 34.9 Å². The first kappa shape index (κ1) is 30.3. The van der Waals surface area contributed by atoms with E-state index in [1.54, 1.807) is 42.5 Å². The summed E-state index contributed by atoms with van der Waals surface area (Å²) in [6.07, 6.45) is -4.21. The molecule has 1 fully saturated rings. The van der Waals surface area contributed by atoms with Gasteiger partial charge in [0.25, 0.3) is 5.91 Å². The molecule has 3 atom stereocenters. The molecule has 3 aromatic carbocycles. The Bertz CT molecular complexity index is 1520. The second-order valence-electron chi connectivity index (χ2n) is 10.2. The Labute approximate surface area is 249 Å². The van der Waals surface area contributed by atoms with E-state index >= 15 is 0 Å². The van der Waals surface area contributed by atoms with Crippen LogP contribution in [0.3, 0.4) is 0 Å². The molecule has 0 aromatic heterocycles. The molecule has 228 valence electrons. The van der Waals surface area contributed by atoms with E-state index in [1.165, 1.54) is 19.1 Å². The molecule has 0 saturated heterocycles. The number of rotatable bonds is 10. The van der Waals surface area contributed by atoms with Crippen LogP contribution in [0, 0.1) is 17.7 Å². The lowest BCUT2D eigenvalue weighted by molar-refractivity contribution is -0.275. The zero-order valence-electron chi connectivity index (χ0n) is 23.0. The molecule has 2 aliphatic rings. The number of esters is 1.